The Morgan fingerprint density at radius 2 is 2.14 bits per heavy atom. The average Bonchev–Trinajstić information content (AvgIpc) is 3.00. The highest BCUT2D eigenvalue weighted by atomic mass is 32.1. The Morgan fingerprint density at radius 1 is 1.32 bits per heavy atom. The minimum absolute atomic E-state index is 0.226. The standard InChI is InChI=1S/C17H17NO3S/c1-3-4-13-5-6-14(22-13)7-8-16(19)15-11-12(9-10-18-15)17(20)21-2/h5-11H,3-4H2,1-2H3/b8-7+. The summed E-state index contributed by atoms with van der Waals surface area (Å²) in [5, 5.41) is 0. The SMILES string of the molecule is CCCc1ccc(/C=C/C(=O)c2cc(C(=O)OC)ccn2)s1. The molecule has 0 aliphatic carbocycles. The summed E-state index contributed by atoms with van der Waals surface area (Å²) in [6.45, 7) is 2.14. The van der Waals surface area contributed by atoms with Crippen molar-refractivity contribution in [2.45, 2.75) is 19.8 Å². The van der Waals surface area contributed by atoms with Crippen LogP contribution in [-0.4, -0.2) is 23.8 Å². The van der Waals surface area contributed by atoms with Gasteiger partial charge in [0.25, 0.3) is 0 Å². The Morgan fingerprint density at radius 3 is 2.86 bits per heavy atom. The number of methoxy groups -OCH3 is 1. The van der Waals surface area contributed by atoms with Gasteiger partial charge in [-0.05, 0) is 42.8 Å². The second kappa shape index (κ2) is 7.66. The van der Waals surface area contributed by atoms with Gasteiger partial charge >= 0.3 is 5.97 Å². The number of thiophene rings is 1. The van der Waals surface area contributed by atoms with Gasteiger partial charge in [0.15, 0.2) is 0 Å². The van der Waals surface area contributed by atoms with Crippen LogP contribution in [0.25, 0.3) is 6.08 Å². The van der Waals surface area contributed by atoms with E-state index in [1.165, 1.54) is 36.4 Å². The lowest BCUT2D eigenvalue weighted by Crippen LogP contribution is -2.05. The van der Waals surface area contributed by atoms with E-state index in [1.54, 1.807) is 17.4 Å². The molecule has 22 heavy (non-hydrogen) atoms. The maximum atomic E-state index is 12.1. The zero-order valence-corrected chi connectivity index (χ0v) is 13.4. The van der Waals surface area contributed by atoms with Crippen molar-refractivity contribution in [1.82, 2.24) is 4.98 Å². The number of esters is 1. The Balaban J connectivity index is 2.11. The molecule has 0 unspecified atom stereocenters. The fourth-order valence-corrected chi connectivity index (χ4v) is 2.94. The normalized spacial score (nSPS) is 10.8. The molecule has 0 aliphatic rings. The number of aromatic nitrogens is 1. The van der Waals surface area contributed by atoms with E-state index >= 15 is 0 Å². The van der Waals surface area contributed by atoms with Crippen LogP contribution < -0.4 is 0 Å². The third-order valence-electron chi connectivity index (χ3n) is 3.01. The van der Waals surface area contributed by atoms with Crippen LogP contribution in [0.2, 0.25) is 0 Å². The number of nitrogens with zero attached hydrogens (tertiary/aromatic N) is 1. The Kier molecular flexibility index (Phi) is 5.61. The Labute approximate surface area is 133 Å². The van der Waals surface area contributed by atoms with E-state index in [0.717, 1.165) is 17.7 Å². The molecule has 0 saturated heterocycles. The van der Waals surface area contributed by atoms with Crippen LogP contribution in [0.4, 0.5) is 0 Å². The van der Waals surface area contributed by atoms with Crippen molar-refractivity contribution >= 4 is 29.2 Å². The van der Waals surface area contributed by atoms with Gasteiger partial charge in [-0.1, -0.05) is 13.3 Å². The summed E-state index contributed by atoms with van der Waals surface area (Å²) in [7, 11) is 1.30. The minimum Gasteiger partial charge on any atom is -0.465 e. The molecule has 0 N–H and O–H groups in total. The van der Waals surface area contributed by atoms with Gasteiger partial charge in [0, 0.05) is 16.0 Å². The smallest absolute Gasteiger partial charge is 0.337 e. The molecule has 0 bridgehead atoms. The molecule has 0 aromatic carbocycles. The van der Waals surface area contributed by atoms with Crippen LogP contribution in [0.15, 0.2) is 36.5 Å². The average molecular weight is 315 g/mol. The molecule has 2 rings (SSSR count). The second-order valence-corrected chi connectivity index (χ2v) is 5.87. The van der Waals surface area contributed by atoms with E-state index in [-0.39, 0.29) is 11.5 Å². The van der Waals surface area contributed by atoms with Crippen molar-refractivity contribution in [1.29, 1.82) is 0 Å². The first-order chi connectivity index (χ1) is 10.6. The zero-order chi connectivity index (χ0) is 15.9. The molecule has 114 valence electrons. The van der Waals surface area contributed by atoms with Gasteiger partial charge in [0.05, 0.1) is 12.7 Å². The highest BCUT2D eigenvalue weighted by Gasteiger charge is 2.10. The number of hydrogen-bond acceptors (Lipinski definition) is 5. The monoisotopic (exact) mass is 315 g/mol. The second-order valence-electron chi connectivity index (χ2n) is 4.67. The summed E-state index contributed by atoms with van der Waals surface area (Å²) in [4.78, 5) is 29.9. The molecular weight excluding hydrogens is 298 g/mol. The molecular formula is C17H17NO3S. The molecule has 5 heteroatoms. The molecule has 2 aromatic heterocycles. The molecule has 2 heterocycles. The lowest BCUT2D eigenvalue weighted by molar-refractivity contribution is 0.0600. The van der Waals surface area contributed by atoms with E-state index in [9.17, 15) is 9.59 Å². The van der Waals surface area contributed by atoms with Gasteiger partial charge in [0.2, 0.25) is 5.78 Å². The molecule has 2 aromatic rings. The summed E-state index contributed by atoms with van der Waals surface area (Å²) in [6.07, 6.45) is 6.84. The number of rotatable bonds is 6. The number of carbonyl (C=O) groups excluding carboxylic acids is 2. The van der Waals surface area contributed by atoms with Crippen LogP contribution in [0.3, 0.4) is 0 Å². The Bertz CT molecular complexity index is 703. The van der Waals surface area contributed by atoms with E-state index in [0.29, 0.717) is 5.56 Å². The molecule has 0 spiro atoms. The quantitative estimate of drug-likeness (QED) is 0.462. The highest BCUT2D eigenvalue weighted by Crippen LogP contribution is 2.19. The molecule has 0 amide bonds. The molecule has 0 fully saturated rings. The number of aryl methyl sites for hydroxylation is 1. The molecule has 4 nitrogen and oxygen atoms in total. The molecule has 0 saturated carbocycles. The van der Waals surface area contributed by atoms with Crippen molar-refractivity contribution in [3.63, 3.8) is 0 Å². The zero-order valence-electron chi connectivity index (χ0n) is 12.5. The van der Waals surface area contributed by atoms with Crippen molar-refractivity contribution < 1.29 is 14.3 Å². The van der Waals surface area contributed by atoms with E-state index < -0.39 is 5.97 Å². The third-order valence-corrected chi connectivity index (χ3v) is 4.12. The fraction of sp³-hybridized carbons (Fsp3) is 0.235. The molecule has 0 aliphatic heterocycles. The maximum absolute atomic E-state index is 12.1. The first-order valence-corrected chi connectivity index (χ1v) is 7.81. The van der Waals surface area contributed by atoms with Gasteiger partial charge < -0.3 is 4.74 Å². The number of pyridine rings is 1. The number of carbonyl (C=O) groups is 2. The van der Waals surface area contributed by atoms with Crippen LogP contribution in [0, 0.1) is 0 Å². The molecule has 0 radical (unpaired) electrons. The molecule has 0 atom stereocenters. The van der Waals surface area contributed by atoms with Crippen molar-refractivity contribution in [2.24, 2.45) is 0 Å². The number of allylic oxidation sites excluding steroid dienone is 1. The lowest BCUT2D eigenvalue weighted by atomic mass is 10.1. The van der Waals surface area contributed by atoms with Gasteiger partial charge in [-0.25, -0.2) is 4.79 Å². The first kappa shape index (κ1) is 16.1. The van der Waals surface area contributed by atoms with Crippen molar-refractivity contribution in [3.8, 4) is 0 Å². The minimum atomic E-state index is -0.483. The number of ketones is 1. The largest absolute Gasteiger partial charge is 0.465 e. The topological polar surface area (TPSA) is 56.3 Å². The maximum Gasteiger partial charge on any atom is 0.337 e. The van der Waals surface area contributed by atoms with Crippen LogP contribution in [-0.2, 0) is 11.2 Å². The van der Waals surface area contributed by atoms with Gasteiger partial charge in [-0.3, -0.25) is 9.78 Å². The van der Waals surface area contributed by atoms with Gasteiger partial charge in [0.1, 0.15) is 5.69 Å². The van der Waals surface area contributed by atoms with E-state index in [4.69, 9.17) is 0 Å². The summed E-state index contributed by atoms with van der Waals surface area (Å²) in [5.74, 6) is -0.723. The number of ether oxygens (including phenoxy) is 1. The lowest BCUT2D eigenvalue weighted by Gasteiger charge is -2.00. The van der Waals surface area contributed by atoms with Crippen LogP contribution >= 0.6 is 11.3 Å². The van der Waals surface area contributed by atoms with E-state index in [1.807, 2.05) is 6.07 Å². The summed E-state index contributed by atoms with van der Waals surface area (Å²) < 4.78 is 4.63. The van der Waals surface area contributed by atoms with E-state index in [2.05, 4.69) is 22.7 Å². The van der Waals surface area contributed by atoms with Crippen molar-refractivity contribution in [3.05, 3.63) is 57.6 Å². The predicted molar refractivity (Wildman–Crippen MR) is 87.3 cm³/mol. The van der Waals surface area contributed by atoms with Gasteiger partial charge in [-0.2, -0.15) is 0 Å². The summed E-state index contributed by atoms with van der Waals surface area (Å²) in [5.41, 5.74) is 0.542. The Hall–Kier alpha value is -2.27. The van der Waals surface area contributed by atoms with Gasteiger partial charge in [-0.15, -0.1) is 11.3 Å². The third kappa shape index (κ3) is 4.11. The van der Waals surface area contributed by atoms with Crippen LogP contribution in [0.5, 0.6) is 0 Å². The summed E-state index contributed by atoms with van der Waals surface area (Å²) >= 11 is 1.67. The fourth-order valence-electron chi connectivity index (χ4n) is 1.92. The summed E-state index contributed by atoms with van der Waals surface area (Å²) in [6, 6.07) is 7.03. The van der Waals surface area contributed by atoms with Crippen molar-refractivity contribution in [2.75, 3.05) is 7.11 Å². The first-order valence-electron chi connectivity index (χ1n) is 6.99. The van der Waals surface area contributed by atoms with Crippen LogP contribution in [0.1, 0.15) is 43.9 Å². The predicted octanol–water partition coefficient (Wildman–Crippen LogP) is 3.78. The number of hydrogen-bond donors (Lipinski definition) is 0. The highest BCUT2D eigenvalue weighted by molar-refractivity contribution is 7.12.